The van der Waals surface area contributed by atoms with E-state index in [4.69, 9.17) is 10.8 Å². The number of benzene rings is 1. The van der Waals surface area contributed by atoms with Gasteiger partial charge in [-0.3, -0.25) is 0 Å². The number of aliphatic hydroxyl groups is 1. The number of hydrogen-bond donors (Lipinski definition) is 2. The zero-order valence-electron chi connectivity index (χ0n) is 8.45. The van der Waals surface area contributed by atoms with Crippen LogP contribution in [0.15, 0.2) is 18.2 Å². The van der Waals surface area contributed by atoms with Gasteiger partial charge >= 0.3 is 0 Å². The van der Waals surface area contributed by atoms with Crippen molar-refractivity contribution in [2.24, 2.45) is 0 Å². The molecule has 0 bridgehead atoms. The Morgan fingerprint density at radius 2 is 2.13 bits per heavy atom. The van der Waals surface area contributed by atoms with Crippen molar-refractivity contribution >= 4 is 11.4 Å². The van der Waals surface area contributed by atoms with Crippen LogP contribution in [0.4, 0.5) is 20.2 Å². The number of alkyl halides is 2. The van der Waals surface area contributed by atoms with Crippen LogP contribution < -0.4 is 10.6 Å². The number of nitrogen functional groups attached to an aromatic ring is 1. The Bertz CT molecular complexity index is 331. The minimum atomic E-state index is -2.57. The van der Waals surface area contributed by atoms with Crippen molar-refractivity contribution in [3.8, 4) is 0 Å². The molecule has 0 aliphatic rings. The summed E-state index contributed by atoms with van der Waals surface area (Å²) in [6, 6.07) is 4.36. The molecule has 0 amide bonds. The van der Waals surface area contributed by atoms with E-state index in [-0.39, 0.29) is 12.2 Å². The van der Waals surface area contributed by atoms with E-state index in [9.17, 15) is 8.78 Å². The third-order valence-corrected chi connectivity index (χ3v) is 2.13. The molecule has 1 rings (SSSR count). The normalized spacial score (nSPS) is 10.7. The highest BCUT2D eigenvalue weighted by molar-refractivity contribution is 5.59. The second kappa shape index (κ2) is 4.93. The van der Waals surface area contributed by atoms with Crippen LogP contribution in [0.5, 0.6) is 0 Å². The van der Waals surface area contributed by atoms with E-state index in [1.807, 2.05) is 0 Å². The fraction of sp³-hybridized carbons (Fsp3) is 0.400. The van der Waals surface area contributed by atoms with Crippen molar-refractivity contribution in [2.45, 2.75) is 6.43 Å². The van der Waals surface area contributed by atoms with E-state index in [1.54, 1.807) is 18.0 Å². The summed E-state index contributed by atoms with van der Waals surface area (Å²) >= 11 is 0. The molecule has 0 saturated carbocycles. The summed E-state index contributed by atoms with van der Waals surface area (Å²) in [4.78, 5) is 1.57. The van der Waals surface area contributed by atoms with Gasteiger partial charge in [0.1, 0.15) is 0 Å². The minimum Gasteiger partial charge on any atom is -0.399 e. The van der Waals surface area contributed by atoms with E-state index in [0.717, 1.165) is 0 Å². The van der Waals surface area contributed by atoms with E-state index in [2.05, 4.69) is 0 Å². The molecular weight excluding hydrogens is 202 g/mol. The zero-order valence-corrected chi connectivity index (χ0v) is 8.45. The molecule has 5 heteroatoms. The Morgan fingerprint density at radius 1 is 1.47 bits per heavy atom. The first-order valence-corrected chi connectivity index (χ1v) is 4.56. The van der Waals surface area contributed by atoms with Gasteiger partial charge < -0.3 is 15.7 Å². The van der Waals surface area contributed by atoms with Gasteiger partial charge in [0.05, 0.1) is 6.61 Å². The molecule has 0 aliphatic carbocycles. The molecule has 0 spiro atoms. The summed E-state index contributed by atoms with van der Waals surface area (Å²) in [5, 5.41) is 8.73. The Kier molecular flexibility index (Phi) is 3.85. The van der Waals surface area contributed by atoms with Crippen molar-refractivity contribution in [1.29, 1.82) is 0 Å². The largest absolute Gasteiger partial charge is 0.399 e. The summed E-state index contributed by atoms with van der Waals surface area (Å²) in [7, 11) is 1.65. The van der Waals surface area contributed by atoms with Gasteiger partial charge in [-0.25, -0.2) is 8.78 Å². The molecule has 0 aromatic heterocycles. The first-order valence-electron chi connectivity index (χ1n) is 4.56. The van der Waals surface area contributed by atoms with Crippen LogP contribution in [0.25, 0.3) is 0 Å². The van der Waals surface area contributed by atoms with Gasteiger partial charge in [-0.2, -0.15) is 0 Å². The molecule has 15 heavy (non-hydrogen) atoms. The van der Waals surface area contributed by atoms with Gasteiger partial charge in [0, 0.05) is 30.5 Å². The number of anilines is 2. The molecular formula is C10H14F2N2O. The smallest absolute Gasteiger partial charge is 0.265 e. The molecule has 0 aliphatic heterocycles. The van der Waals surface area contributed by atoms with Crippen LogP contribution >= 0.6 is 0 Å². The lowest BCUT2D eigenvalue weighted by Crippen LogP contribution is -2.22. The standard InChI is InChI=1S/C10H14F2N2O/c1-14(4-5-15)9-3-2-7(13)6-8(9)10(11)12/h2-3,6,10,15H,4-5,13H2,1H3. The molecule has 3 N–H and O–H groups in total. The SMILES string of the molecule is CN(CCO)c1ccc(N)cc1C(F)F. The first-order chi connectivity index (χ1) is 7.06. The summed E-state index contributed by atoms with van der Waals surface area (Å²) < 4.78 is 25.3. The third kappa shape index (κ3) is 2.79. The highest BCUT2D eigenvalue weighted by Gasteiger charge is 2.15. The summed E-state index contributed by atoms with van der Waals surface area (Å²) in [5.74, 6) is 0. The molecule has 84 valence electrons. The molecule has 1 aromatic carbocycles. The molecule has 1 aromatic rings. The third-order valence-electron chi connectivity index (χ3n) is 2.13. The van der Waals surface area contributed by atoms with Gasteiger partial charge in [-0.05, 0) is 18.2 Å². The lowest BCUT2D eigenvalue weighted by molar-refractivity contribution is 0.152. The molecule has 0 atom stereocenters. The Balaban J connectivity index is 3.05. The number of nitrogens with two attached hydrogens (primary N) is 1. The highest BCUT2D eigenvalue weighted by atomic mass is 19.3. The second-order valence-electron chi connectivity index (χ2n) is 3.26. The van der Waals surface area contributed by atoms with Gasteiger partial charge in [0.2, 0.25) is 0 Å². The van der Waals surface area contributed by atoms with Crippen LogP contribution in [0.2, 0.25) is 0 Å². The van der Waals surface area contributed by atoms with E-state index in [0.29, 0.717) is 17.9 Å². The van der Waals surface area contributed by atoms with Crippen molar-refractivity contribution in [1.82, 2.24) is 0 Å². The van der Waals surface area contributed by atoms with E-state index in [1.165, 1.54) is 12.1 Å². The molecule has 0 saturated heterocycles. The second-order valence-corrected chi connectivity index (χ2v) is 3.26. The number of hydrogen-bond acceptors (Lipinski definition) is 3. The van der Waals surface area contributed by atoms with Gasteiger partial charge in [-0.15, -0.1) is 0 Å². The molecule has 0 radical (unpaired) electrons. The van der Waals surface area contributed by atoms with Gasteiger partial charge in [-0.1, -0.05) is 0 Å². The fourth-order valence-electron chi connectivity index (χ4n) is 1.37. The predicted molar refractivity (Wildman–Crippen MR) is 56.2 cm³/mol. The average Bonchev–Trinajstić information content (AvgIpc) is 2.17. The number of likely N-dealkylation sites (N-methyl/N-ethyl adjacent to an activating group) is 1. The number of aliphatic hydroxyl groups excluding tert-OH is 1. The molecule has 0 unspecified atom stereocenters. The Morgan fingerprint density at radius 3 is 2.67 bits per heavy atom. The van der Waals surface area contributed by atoms with Crippen LogP contribution in [-0.4, -0.2) is 25.3 Å². The molecule has 3 nitrogen and oxygen atoms in total. The highest BCUT2D eigenvalue weighted by Crippen LogP contribution is 2.30. The van der Waals surface area contributed by atoms with Crippen molar-refractivity contribution < 1.29 is 13.9 Å². The number of rotatable bonds is 4. The van der Waals surface area contributed by atoms with Crippen LogP contribution in [-0.2, 0) is 0 Å². The monoisotopic (exact) mass is 216 g/mol. The predicted octanol–water partition coefficient (Wildman–Crippen LogP) is 1.63. The summed E-state index contributed by atoms with van der Waals surface area (Å²) in [6.07, 6.45) is -2.57. The zero-order chi connectivity index (χ0) is 11.4. The maximum Gasteiger partial charge on any atom is 0.265 e. The Labute approximate surface area is 87.1 Å². The summed E-state index contributed by atoms with van der Waals surface area (Å²) in [6.45, 7) is 0.229. The van der Waals surface area contributed by atoms with Crippen molar-refractivity contribution in [2.75, 3.05) is 30.8 Å². The topological polar surface area (TPSA) is 49.5 Å². The van der Waals surface area contributed by atoms with Crippen molar-refractivity contribution in [3.05, 3.63) is 23.8 Å². The number of nitrogens with zero attached hydrogens (tertiary/aromatic N) is 1. The minimum absolute atomic E-state index is 0.0798. The fourth-order valence-corrected chi connectivity index (χ4v) is 1.37. The lowest BCUT2D eigenvalue weighted by Gasteiger charge is -2.21. The van der Waals surface area contributed by atoms with Crippen LogP contribution in [0.1, 0.15) is 12.0 Å². The Hall–Kier alpha value is -1.36. The van der Waals surface area contributed by atoms with E-state index < -0.39 is 6.43 Å². The lowest BCUT2D eigenvalue weighted by atomic mass is 10.1. The average molecular weight is 216 g/mol. The van der Waals surface area contributed by atoms with Crippen LogP contribution in [0.3, 0.4) is 0 Å². The van der Waals surface area contributed by atoms with E-state index >= 15 is 0 Å². The number of halogens is 2. The van der Waals surface area contributed by atoms with Crippen LogP contribution in [0, 0.1) is 0 Å². The maximum atomic E-state index is 12.7. The molecule has 0 fully saturated rings. The maximum absolute atomic E-state index is 12.7. The first kappa shape index (κ1) is 11.7. The van der Waals surface area contributed by atoms with Crippen molar-refractivity contribution in [3.63, 3.8) is 0 Å². The van der Waals surface area contributed by atoms with Gasteiger partial charge in [0.25, 0.3) is 6.43 Å². The molecule has 0 heterocycles. The quantitative estimate of drug-likeness (QED) is 0.752. The summed E-state index contributed by atoms with van der Waals surface area (Å²) in [5.41, 5.74) is 6.04. The van der Waals surface area contributed by atoms with Gasteiger partial charge in [0.15, 0.2) is 0 Å².